The first-order valence-electron chi connectivity index (χ1n) is 15.7. The molecule has 2 aliphatic carbocycles. The second-order valence-electron chi connectivity index (χ2n) is 16.2. The van der Waals surface area contributed by atoms with E-state index in [9.17, 15) is 4.79 Å². The molecule has 6 heteroatoms. The van der Waals surface area contributed by atoms with E-state index in [1.54, 1.807) is 0 Å². The molecular formula is C32H64O4Si2. The predicted molar refractivity (Wildman–Crippen MR) is 167 cm³/mol. The molecule has 2 fully saturated rings. The fourth-order valence-corrected chi connectivity index (χ4v) is 9.50. The Morgan fingerprint density at radius 1 is 0.895 bits per heavy atom. The summed E-state index contributed by atoms with van der Waals surface area (Å²) in [6, 6.07) is 0. The lowest BCUT2D eigenvalue weighted by Crippen LogP contribution is -2.51. The van der Waals surface area contributed by atoms with Crippen LogP contribution in [0.5, 0.6) is 0 Å². The lowest BCUT2D eigenvalue weighted by molar-refractivity contribution is -0.143. The molecule has 2 aliphatic rings. The summed E-state index contributed by atoms with van der Waals surface area (Å²) in [5, 5.41) is 0.455. The van der Waals surface area contributed by atoms with Gasteiger partial charge in [0, 0.05) is 19.1 Å². The van der Waals surface area contributed by atoms with Crippen molar-refractivity contribution in [2.45, 2.75) is 162 Å². The Morgan fingerprint density at radius 2 is 1.50 bits per heavy atom. The van der Waals surface area contributed by atoms with Gasteiger partial charge in [0.1, 0.15) is 0 Å². The van der Waals surface area contributed by atoms with Gasteiger partial charge in [-0.1, -0.05) is 61.8 Å². The van der Waals surface area contributed by atoms with Crippen LogP contribution in [-0.4, -0.2) is 41.9 Å². The molecule has 2 rings (SSSR count). The lowest BCUT2D eigenvalue weighted by Gasteiger charge is -2.52. The number of ether oxygens (including phenoxy) is 1. The molecule has 4 nitrogen and oxygen atoms in total. The third kappa shape index (κ3) is 7.76. The molecule has 0 aromatic rings. The summed E-state index contributed by atoms with van der Waals surface area (Å²) in [6.07, 6.45) is 10.3. The van der Waals surface area contributed by atoms with Gasteiger partial charge in [0.15, 0.2) is 16.6 Å². The van der Waals surface area contributed by atoms with Gasteiger partial charge < -0.3 is 13.6 Å². The van der Waals surface area contributed by atoms with Gasteiger partial charge >= 0.3 is 5.97 Å². The molecule has 38 heavy (non-hydrogen) atoms. The Bertz CT molecular complexity index is 781. The molecule has 0 aromatic heterocycles. The number of carbonyl (C=O) groups is 1. The maximum absolute atomic E-state index is 12.2. The largest absolute Gasteiger partial charge is 0.466 e. The van der Waals surface area contributed by atoms with Crippen LogP contribution in [0.3, 0.4) is 0 Å². The first-order chi connectivity index (χ1) is 17.2. The molecule has 0 N–H and O–H groups in total. The maximum atomic E-state index is 12.2. The van der Waals surface area contributed by atoms with Crippen molar-refractivity contribution in [2.24, 2.45) is 22.7 Å². The highest BCUT2D eigenvalue weighted by Crippen LogP contribution is 2.63. The average Bonchev–Trinajstić information content (AvgIpc) is 3.10. The van der Waals surface area contributed by atoms with Crippen molar-refractivity contribution in [2.75, 3.05) is 13.2 Å². The molecule has 0 heterocycles. The minimum Gasteiger partial charge on any atom is -0.466 e. The third-order valence-electron chi connectivity index (χ3n) is 11.5. The Labute approximate surface area is 239 Å². The normalized spacial score (nSPS) is 28.6. The molecule has 0 spiro atoms. The van der Waals surface area contributed by atoms with Crippen molar-refractivity contribution in [1.29, 1.82) is 0 Å². The molecule has 0 bridgehead atoms. The summed E-state index contributed by atoms with van der Waals surface area (Å²) in [5.41, 5.74) is 0.443. The third-order valence-corrected chi connectivity index (χ3v) is 20.6. The van der Waals surface area contributed by atoms with E-state index in [2.05, 4.69) is 81.6 Å². The average molecular weight is 569 g/mol. The molecule has 224 valence electrons. The van der Waals surface area contributed by atoms with E-state index in [-0.39, 0.29) is 21.5 Å². The van der Waals surface area contributed by atoms with Gasteiger partial charge in [0.05, 0.1) is 6.61 Å². The van der Waals surface area contributed by atoms with Crippen molar-refractivity contribution in [3.63, 3.8) is 0 Å². The molecule has 3 unspecified atom stereocenters. The van der Waals surface area contributed by atoms with Crippen LogP contribution in [0.15, 0.2) is 0 Å². The van der Waals surface area contributed by atoms with E-state index in [4.69, 9.17) is 13.6 Å². The molecular weight excluding hydrogens is 505 g/mol. The van der Waals surface area contributed by atoms with Gasteiger partial charge in [-0.05, 0) is 111 Å². The first-order valence-corrected chi connectivity index (χ1v) is 21.5. The van der Waals surface area contributed by atoms with Gasteiger partial charge in [-0.2, -0.15) is 0 Å². The van der Waals surface area contributed by atoms with E-state index in [1.807, 2.05) is 6.92 Å². The van der Waals surface area contributed by atoms with Crippen molar-refractivity contribution in [3.8, 4) is 0 Å². The highest BCUT2D eigenvalue weighted by molar-refractivity contribution is 6.74. The summed E-state index contributed by atoms with van der Waals surface area (Å²) in [5.74, 6) is 1.22. The van der Waals surface area contributed by atoms with E-state index < -0.39 is 16.6 Å². The smallest absolute Gasteiger partial charge is 0.305 e. The second kappa shape index (κ2) is 12.4. The Hall–Kier alpha value is -0.176. The number of hydrogen-bond acceptors (Lipinski definition) is 4. The molecule has 0 aliphatic heterocycles. The van der Waals surface area contributed by atoms with Crippen molar-refractivity contribution in [1.82, 2.24) is 0 Å². The number of carbonyl (C=O) groups excluding carboxylic acids is 1. The highest BCUT2D eigenvalue weighted by Gasteiger charge is 2.57. The van der Waals surface area contributed by atoms with Crippen LogP contribution in [0.1, 0.15) is 120 Å². The molecule has 0 saturated heterocycles. The van der Waals surface area contributed by atoms with Gasteiger partial charge in [0.2, 0.25) is 0 Å². The maximum Gasteiger partial charge on any atom is 0.305 e. The van der Waals surface area contributed by atoms with Crippen molar-refractivity contribution < 1.29 is 18.4 Å². The zero-order valence-corrected chi connectivity index (χ0v) is 29.6. The Kier molecular flexibility index (Phi) is 11.1. The Balaban J connectivity index is 2.26. The van der Waals surface area contributed by atoms with Crippen LogP contribution < -0.4 is 0 Å². The number of fused-ring (bicyclic) bond motifs is 1. The summed E-state index contributed by atoms with van der Waals surface area (Å²) < 4.78 is 19.1. The van der Waals surface area contributed by atoms with Crippen molar-refractivity contribution >= 4 is 22.6 Å². The van der Waals surface area contributed by atoms with Crippen LogP contribution in [0.4, 0.5) is 0 Å². The second-order valence-corrected chi connectivity index (χ2v) is 25.8. The Morgan fingerprint density at radius 3 is 2.05 bits per heavy atom. The fourth-order valence-electron chi connectivity index (χ4n) is 7.06. The zero-order valence-electron chi connectivity index (χ0n) is 27.6. The summed E-state index contributed by atoms with van der Waals surface area (Å²) >= 11 is 0. The topological polar surface area (TPSA) is 44.8 Å². The molecule has 0 amide bonds. The SMILES string of the molecule is CCOC(=O)CCCC(C)(CCO[Si](C)(C)C(C)(C)C)C1CCC2[C@@H](O[Si](C)(C)C(C)(C)C)CCC[C@@]21C. The van der Waals surface area contributed by atoms with E-state index in [1.165, 1.54) is 32.1 Å². The fraction of sp³-hybridized carbons (Fsp3) is 0.969. The van der Waals surface area contributed by atoms with Crippen LogP contribution >= 0.6 is 0 Å². The molecule has 2 saturated carbocycles. The monoisotopic (exact) mass is 568 g/mol. The lowest BCUT2D eigenvalue weighted by atomic mass is 9.56. The van der Waals surface area contributed by atoms with Crippen LogP contribution in [0.25, 0.3) is 0 Å². The molecule has 0 aromatic carbocycles. The molecule has 5 atom stereocenters. The van der Waals surface area contributed by atoms with Gasteiger partial charge in [-0.25, -0.2) is 0 Å². The summed E-state index contributed by atoms with van der Waals surface area (Å²) in [7, 11) is -3.62. The number of rotatable bonds is 12. The molecule has 0 radical (unpaired) electrons. The standard InChI is InChI=1S/C32H64O4Si2/c1-14-34-28(33)18-16-21-31(8,23-24-35-37(10,11)29(2,3)4)27-20-19-25-26(17-15-22-32(25,27)9)36-38(12,13)30(5,6)7/h25-27H,14-24H2,1-13H3/t25?,26-,27?,31?,32-/m0/s1. The van der Waals surface area contributed by atoms with E-state index in [0.29, 0.717) is 36.4 Å². The van der Waals surface area contributed by atoms with E-state index >= 15 is 0 Å². The number of hydrogen-bond donors (Lipinski definition) is 0. The quantitative estimate of drug-likeness (QED) is 0.174. The number of esters is 1. The summed E-state index contributed by atoms with van der Waals surface area (Å²) in [6.45, 7) is 31.9. The van der Waals surface area contributed by atoms with Gasteiger partial charge in [-0.3, -0.25) is 4.79 Å². The summed E-state index contributed by atoms with van der Waals surface area (Å²) in [4.78, 5) is 12.2. The van der Waals surface area contributed by atoms with E-state index in [0.717, 1.165) is 25.9 Å². The first kappa shape index (κ1) is 34.0. The van der Waals surface area contributed by atoms with Crippen LogP contribution in [-0.2, 0) is 18.4 Å². The van der Waals surface area contributed by atoms with Crippen molar-refractivity contribution in [3.05, 3.63) is 0 Å². The van der Waals surface area contributed by atoms with Crippen LogP contribution in [0, 0.1) is 22.7 Å². The minimum absolute atomic E-state index is 0.0524. The van der Waals surface area contributed by atoms with Gasteiger partial charge in [-0.15, -0.1) is 0 Å². The minimum atomic E-state index is -1.82. The predicted octanol–water partition coefficient (Wildman–Crippen LogP) is 9.74. The van der Waals surface area contributed by atoms with Gasteiger partial charge in [0.25, 0.3) is 0 Å². The zero-order chi connectivity index (χ0) is 29.2. The highest BCUT2D eigenvalue weighted by atomic mass is 28.4. The van der Waals surface area contributed by atoms with Crippen LogP contribution in [0.2, 0.25) is 36.3 Å².